The molecule has 0 aromatic heterocycles. The molecule has 0 N–H and O–H groups in total. The van der Waals surface area contributed by atoms with E-state index in [9.17, 15) is 13.2 Å². The van der Waals surface area contributed by atoms with Crippen molar-refractivity contribution in [3.05, 3.63) is 70.5 Å². The Kier molecular flexibility index (Phi) is 5.87. The van der Waals surface area contributed by atoms with Crippen LogP contribution in [-0.2, 0) is 0 Å². The number of hydrogen-bond acceptors (Lipinski definition) is 0. The first-order valence-corrected chi connectivity index (χ1v) is 10.7. The van der Waals surface area contributed by atoms with Crippen LogP contribution in [0.3, 0.4) is 0 Å². The Morgan fingerprint density at radius 1 is 0.897 bits per heavy atom. The number of halogens is 4. The quantitative estimate of drug-likeness (QED) is 0.373. The van der Waals surface area contributed by atoms with Gasteiger partial charge in [-0.3, -0.25) is 0 Å². The van der Waals surface area contributed by atoms with Gasteiger partial charge >= 0.3 is 0 Å². The van der Waals surface area contributed by atoms with E-state index in [2.05, 4.69) is 6.92 Å². The lowest BCUT2D eigenvalue weighted by molar-refractivity contribution is 0.308. The summed E-state index contributed by atoms with van der Waals surface area (Å²) in [5.41, 5.74) is 2.13. The second kappa shape index (κ2) is 8.39. The van der Waals surface area contributed by atoms with Crippen molar-refractivity contribution in [1.82, 2.24) is 0 Å². The fraction of sp³-hybridized carbons (Fsp3) is 0.360. The third-order valence-electron chi connectivity index (χ3n) is 6.29. The molecular formula is C25H24ClF3. The highest BCUT2D eigenvalue weighted by molar-refractivity contribution is 6.35. The first kappa shape index (κ1) is 20.3. The Labute approximate surface area is 174 Å². The van der Waals surface area contributed by atoms with Crippen LogP contribution >= 0.6 is 11.6 Å². The van der Waals surface area contributed by atoms with Crippen LogP contribution in [0.15, 0.2) is 42.5 Å². The predicted octanol–water partition coefficient (Wildman–Crippen LogP) is 8.65. The highest BCUT2D eigenvalue weighted by Crippen LogP contribution is 2.39. The molecular weight excluding hydrogens is 393 g/mol. The molecule has 0 atom stereocenters. The van der Waals surface area contributed by atoms with Crippen LogP contribution in [0.1, 0.15) is 56.9 Å². The molecule has 0 bridgehead atoms. The van der Waals surface area contributed by atoms with Gasteiger partial charge in [-0.05, 0) is 72.2 Å². The van der Waals surface area contributed by atoms with Gasteiger partial charge in [0.1, 0.15) is 5.82 Å². The summed E-state index contributed by atoms with van der Waals surface area (Å²) in [6, 6.07) is 11.5. The molecule has 0 amide bonds. The second-order valence-corrected chi connectivity index (χ2v) is 8.55. The van der Waals surface area contributed by atoms with Crippen molar-refractivity contribution < 1.29 is 13.2 Å². The lowest BCUT2D eigenvalue weighted by Crippen LogP contribution is -2.13. The van der Waals surface area contributed by atoms with Crippen molar-refractivity contribution in [2.45, 2.75) is 51.4 Å². The van der Waals surface area contributed by atoms with E-state index in [-0.39, 0.29) is 10.8 Å². The topological polar surface area (TPSA) is 0 Å². The summed E-state index contributed by atoms with van der Waals surface area (Å²) >= 11 is 5.91. The van der Waals surface area contributed by atoms with Gasteiger partial charge in [-0.1, -0.05) is 55.6 Å². The van der Waals surface area contributed by atoms with Crippen molar-refractivity contribution in [3.63, 3.8) is 0 Å². The fourth-order valence-corrected chi connectivity index (χ4v) is 4.95. The first-order valence-electron chi connectivity index (χ1n) is 10.3. The molecule has 29 heavy (non-hydrogen) atoms. The Hall–Kier alpha value is -2.00. The van der Waals surface area contributed by atoms with Crippen LogP contribution in [-0.4, -0.2) is 0 Å². The van der Waals surface area contributed by atoms with Crippen molar-refractivity contribution in [2.75, 3.05) is 0 Å². The molecule has 3 aromatic rings. The van der Waals surface area contributed by atoms with E-state index in [0.29, 0.717) is 27.8 Å². The maximum atomic E-state index is 15.0. The number of fused-ring (bicyclic) bond motifs is 1. The normalized spacial score (nSPS) is 19.6. The van der Waals surface area contributed by atoms with Gasteiger partial charge in [0, 0.05) is 10.9 Å². The van der Waals surface area contributed by atoms with Gasteiger partial charge in [0.2, 0.25) is 0 Å². The first-order chi connectivity index (χ1) is 14.0. The summed E-state index contributed by atoms with van der Waals surface area (Å²) in [7, 11) is 0. The van der Waals surface area contributed by atoms with Gasteiger partial charge in [0.25, 0.3) is 0 Å². The van der Waals surface area contributed by atoms with Crippen LogP contribution in [0.2, 0.25) is 5.02 Å². The van der Waals surface area contributed by atoms with Gasteiger partial charge in [-0.25, -0.2) is 13.2 Å². The van der Waals surface area contributed by atoms with E-state index < -0.39 is 11.6 Å². The highest BCUT2D eigenvalue weighted by atomic mass is 35.5. The van der Waals surface area contributed by atoms with E-state index >= 15 is 0 Å². The maximum absolute atomic E-state index is 15.0. The second-order valence-electron chi connectivity index (χ2n) is 8.17. The monoisotopic (exact) mass is 416 g/mol. The minimum absolute atomic E-state index is 0.249. The molecule has 152 valence electrons. The lowest BCUT2D eigenvalue weighted by atomic mass is 9.77. The standard InChI is InChI=1S/C25H24ClF3/c1-2-3-15-4-6-16(7-5-15)17-8-10-20(22(27)13-17)18-9-11-21-19(12-18)14-23(28)25(29)24(21)26/h8-16H,2-7H2,1H3. The third-order valence-corrected chi connectivity index (χ3v) is 6.66. The Morgan fingerprint density at radius 3 is 2.34 bits per heavy atom. The lowest BCUT2D eigenvalue weighted by Gasteiger charge is -2.28. The van der Waals surface area contributed by atoms with E-state index in [1.165, 1.54) is 25.7 Å². The van der Waals surface area contributed by atoms with Gasteiger partial charge in [-0.15, -0.1) is 0 Å². The average molecular weight is 417 g/mol. The number of hydrogen-bond donors (Lipinski definition) is 0. The largest absolute Gasteiger partial charge is 0.206 e. The molecule has 4 heteroatoms. The van der Waals surface area contributed by atoms with Gasteiger partial charge in [0.05, 0.1) is 5.02 Å². The van der Waals surface area contributed by atoms with Crippen LogP contribution in [0.4, 0.5) is 13.2 Å². The summed E-state index contributed by atoms with van der Waals surface area (Å²) in [6.07, 6.45) is 7.18. The van der Waals surface area contributed by atoms with Crippen LogP contribution in [0.5, 0.6) is 0 Å². The van der Waals surface area contributed by atoms with Gasteiger partial charge < -0.3 is 0 Å². The minimum atomic E-state index is -1.06. The van der Waals surface area contributed by atoms with Crippen molar-refractivity contribution in [2.24, 2.45) is 5.92 Å². The fourth-order valence-electron chi connectivity index (χ4n) is 4.68. The molecule has 1 saturated carbocycles. The summed E-state index contributed by atoms with van der Waals surface area (Å²) in [5.74, 6) is -1.12. The zero-order valence-corrected chi connectivity index (χ0v) is 17.2. The molecule has 4 rings (SSSR count). The molecule has 0 unspecified atom stereocenters. The SMILES string of the molecule is CCCC1CCC(c2ccc(-c3ccc4c(Cl)c(F)c(F)cc4c3)c(F)c2)CC1. The van der Waals surface area contributed by atoms with Crippen LogP contribution in [0.25, 0.3) is 21.9 Å². The van der Waals surface area contributed by atoms with E-state index in [1.807, 2.05) is 6.07 Å². The van der Waals surface area contributed by atoms with Crippen molar-refractivity contribution >= 4 is 22.4 Å². The molecule has 3 aromatic carbocycles. The third kappa shape index (κ3) is 4.02. The predicted molar refractivity (Wildman–Crippen MR) is 114 cm³/mol. The summed E-state index contributed by atoms with van der Waals surface area (Å²) in [4.78, 5) is 0. The van der Waals surface area contributed by atoms with Crippen LogP contribution < -0.4 is 0 Å². The molecule has 0 nitrogen and oxygen atoms in total. The van der Waals surface area contributed by atoms with Crippen molar-refractivity contribution in [1.29, 1.82) is 0 Å². The highest BCUT2D eigenvalue weighted by Gasteiger charge is 2.23. The summed E-state index contributed by atoms with van der Waals surface area (Å²) in [6.45, 7) is 2.23. The Bertz CT molecular complexity index is 1040. The number of rotatable bonds is 4. The average Bonchev–Trinajstić information content (AvgIpc) is 2.72. The summed E-state index contributed by atoms with van der Waals surface area (Å²) < 4.78 is 42.3. The Balaban J connectivity index is 1.61. The van der Waals surface area contributed by atoms with E-state index in [0.717, 1.165) is 30.4 Å². The zero-order chi connectivity index (χ0) is 20.5. The molecule has 0 spiro atoms. The molecule has 0 aliphatic heterocycles. The van der Waals surface area contributed by atoms with Gasteiger partial charge in [0.15, 0.2) is 11.6 Å². The number of benzene rings is 3. The minimum Gasteiger partial charge on any atom is -0.206 e. The van der Waals surface area contributed by atoms with E-state index in [1.54, 1.807) is 30.3 Å². The smallest absolute Gasteiger partial charge is 0.178 e. The molecule has 1 fully saturated rings. The molecule has 0 radical (unpaired) electrons. The molecule has 1 aliphatic carbocycles. The molecule has 0 heterocycles. The Morgan fingerprint density at radius 2 is 1.66 bits per heavy atom. The summed E-state index contributed by atoms with van der Waals surface area (Å²) in [5, 5.41) is 0.611. The van der Waals surface area contributed by atoms with E-state index in [4.69, 9.17) is 11.6 Å². The maximum Gasteiger partial charge on any atom is 0.178 e. The molecule has 0 saturated heterocycles. The van der Waals surface area contributed by atoms with Gasteiger partial charge in [-0.2, -0.15) is 0 Å². The zero-order valence-electron chi connectivity index (χ0n) is 16.5. The van der Waals surface area contributed by atoms with Crippen molar-refractivity contribution in [3.8, 4) is 11.1 Å². The molecule has 1 aliphatic rings. The van der Waals surface area contributed by atoms with Crippen LogP contribution in [0, 0.1) is 23.4 Å².